The quantitative estimate of drug-likeness (QED) is 0.0904. The Morgan fingerprint density at radius 2 is 1.33 bits per heavy atom. The lowest BCUT2D eigenvalue weighted by Gasteiger charge is -2.13. The van der Waals surface area contributed by atoms with Crippen LogP contribution in [0, 0.1) is 13.8 Å². The number of hydrogen-bond acceptors (Lipinski definition) is 9. The Morgan fingerprint density at radius 3 is 1.86 bits per heavy atom. The minimum Gasteiger partial charge on any atom is -0.505 e. The summed E-state index contributed by atoms with van der Waals surface area (Å²) in [5.41, 5.74) is 22.2. The van der Waals surface area contributed by atoms with E-state index < -0.39 is 46.9 Å². The largest absolute Gasteiger partial charge is 0.505 e. The van der Waals surface area contributed by atoms with Crippen molar-refractivity contribution in [2.24, 2.45) is 0 Å². The molecule has 1 amide bonds. The lowest BCUT2D eigenvalue weighted by atomic mass is 10.00. The second kappa shape index (κ2) is 12.2. The molecular weight excluding hydrogens is 584 g/mol. The average Bonchev–Trinajstić information content (AvgIpc) is 2.88. The van der Waals surface area contributed by atoms with E-state index in [1.165, 1.54) is 0 Å². The van der Waals surface area contributed by atoms with Gasteiger partial charge in [0.15, 0.2) is 0 Å². The number of aromatic hydroxyl groups is 1. The van der Waals surface area contributed by atoms with Gasteiger partial charge >= 0.3 is 0 Å². The van der Waals surface area contributed by atoms with E-state index in [9.17, 15) is 31.3 Å². The van der Waals surface area contributed by atoms with Crippen LogP contribution in [0.15, 0.2) is 64.4 Å². The van der Waals surface area contributed by atoms with Crippen LogP contribution in [-0.4, -0.2) is 37.0 Å². The summed E-state index contributed by atoms with van der Waals surface area (Å²) in [5, 5.41) is 12.2. The average molecular weight is 617 g/mol. The van der Waals surface area contributed by atoms with E-state index in [2.05, 4.69) is 17.4 Å². The van der Waals surface area contributed by atoms with Gasteiger partial charge < -0.3 is 27.6 Å². The summed E-state index contributed by atoms with van der Waals surface area (Å²) in [4.78, 5) is 9.87. The number of carbonyl (C=O) groups excluding carboxylic acids is 1. The second-order valence-corrected chi connectivity index (χ2v) is 12.3. The van der Waals surface area contributed by atoms with Crippen LogP contribution in [0.25, 0.3) is 21.9 Å². The molecule has 0 radical (unpaired) electrons. The molecule has 0 spiro atoms. The van der Waals surface area contributed by atoms with E-state index in [4.69, 9.17) is 21.8 Å². The summed E-state index contributed by atoms with van der Waals surface area (Å²) in [6.45, 7) is 6.01. The number of nitrogens with two attached hydrogens (primary N) is 3. The first-order valence-corrected chi connectivity index (χ1v) is 15.4. The van der Waals surface area contributed by atoms with Crippen LogP contribution in [0.4, 0.5) is 22.7 Å². The molecule has 0 bridgehead atoms. The van der Waals surface area contributed by atoms with Crippen LogP contribution in [-0.2, 0) is 25.0 Å². The highest BCUT2D eigenvalue weighted by molar-refractivity contribution is 7.87. The van der Waals surface area contributed by atoms with Gasteiger partial charge in [0.25, 0.3) is 20.2 Å². The first-order valence-electron chi connectivity index (χ1n) is 12.5. The molecule has 0 fully saturated rings. The van der Waals surface area contributed by atoms with Gasteiger partial charge in [-0.05, 0) is 78.9 Å². The molecule has 0 heterocycles. The number of anilines is 4. The van der Waals surface area contributed by atoms with Crippen molar-refractivity contribution in [3.63, 3.8) is 0 Å². The topological polar surface area (TPSA) is 236 Å². The van der Waals surface area contributed by atoms with E-state index in [0.29, 0.717) is 12.5 Å². The summed E-state index contributed by atoms with van der Waals surface area (Å²) >= 11 is 0. The van der Waals surface area contributed by atoms with Gasteiger partial charge in [-0.2, -0.15) is 16.8 Å². The normalized spacial score (nSPS) is 11.5. The number of phenolic OH excluding ortho intramolecular Hbond substituents is 1. The highest BCUT2D eigenvalue weighted by Crippen LogP contribution is 2.41. The number of benzene rings is 4. The van der Waals surface area contributed by atoms with Gasteiger partial charge in [0, 0.05) is 23.2 Å². The van der Waals surface area contributed by atoms with Crippen molar-refractivity contribution < 1.29 is 35.8 Å². The maximum Gasteiger partial charge on any atom is 0.296 e. The van der Waals surface area contributed by atoms with Crippen molar-refractivity contribution in [3.8, 4) is 16.9 Å². The van der Waals surface area contributed by atoms with Crippen molar-refractivity contribution in [1.82, 2.24) is 0 Å². The number of amides is 1. The van der Waals surface area contributed by atoms with Gasteiger partial charge in [0.05, 0.1) is 16.8 Å². The van der Waals surface area contributed by atoms with Gasteiger partial charge in [-0.3, -0.25) is 13.9 Å². The van der Waals surface area contributed by atoms with Gasteiger partial charge in [-0.15, -0.1) is 0 Å². The fraction of sp³-hybridized carbons (Fsp3) is 0.179. The van der Waals surface area contributed by atoms with Crippen LogP contribution in [0.1, 0.15) is 30.9 Å². The van der Waals surface area contributed by atoms with Crippen molar-refractivity contribution in [2.75, 3.05) is 22.5 Å². The van der Waals surface area contributed by atoms with E-state index >= 15 is 0 Å². The van der Waals surface area contributed by atoms with Crippen LogP contribution < -0.4 is 22.5 Å². The Kier molecular flexibility index (Phi) is 9.37. The third-order valence-electron chi connectivity index (χ3n) is 6.41. The van der Waals surface area contributed by atoms with E-state index in [1.54, 1.807) is 0 Å². The summed E-state index contributed by atoms with van der Waals surface area (Å²) in [6, 6.07) is 14.9. The highest BCUT2D eigenvalue weighted by Gasteiger charge is 2.26. The fourth-order valence-electron chi connectivity index (χ4n) is 4.19. The summed E-state index contributed by atoms with van der Waals surface area (Å²) < 4.78 is 63.5. The maximum absolute atomic E-state index is 11.7. The maximum atomic E-state index is 11.7. The number of nitrogens with one attached hydrogen (secondary N) is 1. The zero-order valence-corrected chi connectivity index (χ0v) is 24.7. The second-order valence-electron chi connectivity index (χ2n) is 9.56. The van der Waals surface area contributed by atoms with Crippen molar-refractivity contribution in [2.45, 2.75) is 43.4 Å². The zero-order chi connectivity index (χ0) is 31.6. The lowest BCUT2D eigenvalue weighted by molar-refractivity contribution is -0.116. The van der Waals surface area contributed by atoms with Crippen molar-refractivity contribution >= 4 is 59.7 Å². The molecule has 0 aliphatic heterocycles. The molecule has 4 aromatic carbocycles. The minimum atomic E-state index is -4.89. The Labute approximate surface area is 243 Å². The van der Waals surface area contributed by atoms with Crippen LogP contribution >= 0.6 is 0 Å². The molecule has 0 unspecified atom stereocenters. The summed E-state index contributed by atoms with van der Waals surface area (Å²) in [7, 11) is -9.73. The Bertz CT molecular complexity index is 1910. The smallest absolute Gasteiger partial charge is 0.296 e. The third-order valence-corrected chi connectivity index (χ3v) is 8.20. The van der Waals surface area contributed by atoms with Gasteiger partial charge in [0.1, 0.15) is 15.5 Å². The predicted octanol–water partition coefficient (Wildman–Crippen LogP) is 4.49. The van der Waals surface area contributed by atoms with Gasteiger partial charge in [-0.1, -0.05) is 25.1 Å². The minimum absolute atomic E-state index is 0.0664. The first kappa shape index (κ1) is 32.1. The molecule has 0 aliphatic carbocycles. The molecule has 0 aromatic heterocycles. The monoisotopic (exact) mass is 616 g/mol. The molecule has 224 valence electrons. The molecule has 42 heavy (non-hydrogen) atoms. The number of rotatable bonds is 6. The standard InChI is InChI=1S/C18H22N2O.C10H10N2O7S2/c1-4-5-18(21)20-17-9-7-15(11-13(17)3)14-6-8-16(19)12(2)10-14;11-5-2-1-4-6(20(14,15)16)3-7(21(17,18)19)9(12)8(4)10(5)13/h6-11H,4-5,19H2,1-3H3,(H,20,21);1-3,13H,11-12H2,(H,14,15,16)(H,17,18,19). The first-order chi connectivity index (χ1) is 19.4. The van der Waals surface area contributed by atoms with E-state index in [1.807, 2.05) is 45.0 Å². The number of carbonyl (C=O) groups is 1. The van der Waals surface area contributed by atoms with Crippen molar-refractivity contribution in [1.29, 1.82) is 0 Å². The number of phenols is 1. The Morgan fingerprint density at radius 1 is 0.786 bits per heavy atom. The molecule has 4 aromatic rings. The van der Waals surface area contributed by atoms with Crippen LogP contribution in [0.5, 0.6) is 5.75 Å². The Balaban J connectivity index is 0.000000230. The number of nitrogen functional groups attached to an aromatic ring is 3. The predicted molar refractivity (Wildman–Crippen MR) is 163 cm³/mol. The van der Waals surface area contributed by atoms with Crippen molar-refractivity contribution in [3.05, 3.63) is 65.7 Å². The highest BCUT2D eigenvalue weighted by atomic mass is 32.2. The van der Waals surface area contributed by atoms with Gasteiger partial charge in [0.2, 0.25) is 5.91 Å². The molecular formula is C28H32N4O8S2. The molecule has 10 N–H and O–H groups in total. The molecule has 14 heteroatoms. The molecule has 0 saturated carbocycles. The third kappa shape index (κ3) is 7.09. The van der Waals surface area contributed by atoms with Crippen LogP contribution in [0.3, 0.4) is 0 Å². The number of hydrogen-bond donors (Lipinski definition) is 7. The molecule has 0 saturated heterocycles. The summed E-state index contributed by atoms with van der Waals surface area (Å²) in [5.74, 6) is -0.600. The number of aryl methyl sites for hydroxylation is 2. The fourth-order valence-corrected chi connectivity index (χ4v) is 5.62. The Hall–Kier alpha value is -4.37. The van der Waals surface area contributed by atoms with Crippen LogP contribution in [0.2, 0.25) is 0 Å². The zero-order valence-electron chi connectivity index (χ0n) is 23.0. The molecule has 0 atom stereocenters. The van der Waals surface area contributed by atoms with E-state index in [0.717, 1.165) is 52.2 Å². The molecule has 12 nitrogen and oxygen atoms in total. The molecule has 0 aliphatic rings. The lowest BCUT2D eigenvalue weighted by Crippen LogP contribution is -2.11. The van der Waals surface area contributed by atoms with E-state index in [-0.39, 0.29) is 17.0 Å². The molecule has 4 rings (SSSR count). The SMILES string of the molecule is CCCC(=O)Nc1ccc(-c2ccc(N)c(C)c2)cc1C.Nc1ccc2c(S(=O)(=O)O)cc(S(=O)(=O)O)c(N)c2c1O. The van der Waals surface area contributed by atoms with Gasteiger partial charge in [-0.25, -0.2) is 0 Å². The number of fused-ring (bicyclic) bond motifs is 1. The summed E-state index contributed by atoms with van der Waals surface area (Å²) in [6.07, 6.45) is 1.41.